The van der Waals surface area contributed by atoms with Gasteiger partial charge in [-0.05, 0) is 75.1 Å². The van der Waals surface area contributed by atoms with Crippen LogP contribution in [-0.4, -0.2) is 35.5 Å². The van der Waals surface area contributed by atoms with Crippen LogP contribution in [0.2, 0.25) is 0 Å². The van der Waals surface area contributed by atoms with Crippen molar-refractivity contribution in [2.24, 2.45) is 5.92 Å². The number of Topliss-reactive ketones (excluding diaryl/α,β-unsaturated/α-hetero) is 2. The lowest BCUT2D eigenvalue weighted by molar-refractivity contribution is -0.122. The van der Waals surface area contributed by atoms with Crippen molar-refractivity contribution in [3.63, 3.8) is 0 Å². The third kappa shape index (κ3) is 3.26. The van der Waals surface area contributed by atoms with Crippen molar-refractivity contribution in [2.75, 3.05) is 12.4 Å². The van der Waals surface area contributed by atoms with Crippen LogP contribution in [0.4, 0.5) is 5.69 Å². The molecule has 0 aliphatic carbocycles. The van der Waals surface area contributed by atoms with E-state index in [9.17, 15) is 14.4 Å². The molecule has 3 aliphatic heterocycles. The summed E-state index contributed by atoms with van der Waals surface area (Å²) in [4.78, 5) is 45.3. The van der Waals surface area contributed by atoms with Crippen LogP contribution in [-0.2, 0) is 10.2 Å². The van der Waals surface area contributed by atoms with Crippen LogP contribution in [0.5, 0.6) is 5.75 Å². The number of carbonyl (C=O) groups is 3. The van der Waals surface area contributed by atoms with E-state index < -0.39 is 29.2 Å². The molecule has 4 atom stereocenters. The molecule has 4 aromatic rings. The molecule has 0 saturated carbocycles. The SMILES string of the molecule is COc1ccc(C(=O)[C@@H]2[C@H](C(=O)c3ccco3)[C@@]3(C(=O)Nc4ccccc43)[C@H]3c4ccccc4C=CN23)cc1Br. The predicted molar refractivity (Wildman–Crippen MR) is 152 cm³/mol. The zero-order valence-electron chi connectivity index (χ0n) is 21.3. The van der Waals surface area contributed by atoms with Crippen LogP contribution in [0.15, 0.2) is 100 Å². The number of ketones is 2. The average molecular weight is 595 g/mol. The summed E-state index contributed by atoms with van der Waals surface area (Å²) in [6, 6.07) is 21.9. The molecule has 1 saturated heterocycles. The van der Waals surface area contributed by atoms with Crippen LogP contribution in [0.1, 0.15) is 43.6 Å². The number of fused-ring (bicyclic) bond motifs is 6. The van der Waals surface area contributed by atoms with Gasteiger partial charge in [0.15, 0.2) is 11.5 Å². The first kappa shape index (κ1) is 24.6. The first-order valence-electron chi connectivity index (χ1n) is 12.9. The Morgan fingerprint density at radius 1 is 1.00 bits per heavy atom. The van der Waals surface area contributed by atoms with Gasteiger partial charge in [-0.25, -0.2) is 0 Å². The Morgan fingerprint density at radius 3 is 2.58 bits per heavy atom. The molecule has 1 aromatic heterocycles. The number of anilines is 1. The minimum atomic E-state index is -1.40. The van der Waals surface area contributed by atoms with E-state index in [0.29, 0.717) is 27.0 Å². The number of nitrogens with one attached hydrogen (secondary N) is 1. The lowest BCUT2D eigenvalue weighted by atomic mass is 9.63. The average Bonchev–Trinajstić information content (AvgIpc) is 3.69. The van der Waals surface area contributed by atoms with Crippen molar-refractivity contribution >= 4 is 45.2 Å². The number of rotatable bonds is 5. The van der Waals surface area contributed by atoms with Crippen LogP contribution >= 0.6 is 15.9 Å². The molecule has 0 unspecified atom stereocenters. The highest BCUT2D eigenvalue weighted by Crippen LogP contribution is 2.62. The van der Waals surface area contributed by atoms with Gasteiger partial charge in [0, 0.05) is 17.5 Å². The lowest BCUT2D eigenvalue weighted by Crippen LogP contribution is -2.49. The summed E-state index contributed by atoms with van der Waals surface area (Å²) < 4.78 is 11.6. The summed E-state index contributed by atoms with van der Waals surface area (Å²) in [5.41, 5.74) is 2.13. The first-order chi connectivity index (χ1) is 19.5. The van der Waals surface area contributed by atoms with Gasteiger partial charge in [0.1, 0.15) is 17.2 Å². The van der Waals surface area contributed by atoms with Gasteiger partial charge >= 0.3 is 0 Å². The zero-order valence-corrected chi connectivity index (χ0v) is 22.9. The Hall–Kier alpha value is -4.43. The second-order valence-corrected chi connectivity index (χ2v) is 11.0. The van der Waals surface area contributed by atoms with E-state index in [1.54, 1.807) is 37.4 Å². The molecule has 40 heavy (non-hydrogen) atoms. The van der Waals surface area contributed by atoms with E-state index in [0.717, 1.165) is 11.1 Å². The number of carbonyl (C=O) groups excluding carboxylic acids is 3. The fraction of sp³-hybridized carbons (Fsp3) is 0.156. The number of hydrogen-bond acceptors (Lipinski definition) is 6. The molecule has 1 spiro atoms. The Labute approximate surface area is 238 Å². The van der Waals surface area contributed by atoms with Crippen molar-refractivity contribution in [1.29, 1.82) is 0 Å². The summed E-state index contributed by atoms with van der Waals surface area (Å²) in [5.74, 6) is -1.40. The second kappa shape index (κ2) is 9.06. The first-order valence-corrected chi connectivity index (χ1v) is 13.7. The Bertz CT molecular complexity index is 1730. The van der Waals surface area contributed by atoms with Gasteiger partial charge in [-0.3, -0.25) is 14.4 Å². The largest absolute Gasteiger partial charge is 0.496 e. The summed E-state index contributed by atoms with van der Waals surface area (Å²) in [6.45, 7) is 0. The fourth-order valence-corrected chi connectivity index (χ4v) is 7.27. The van der Waals surface area contributed by atoms with E-state index in [-0.39, 0.29) is 17.5 Å². The van der Waals surface area contributed by atoms with Crippen LogP contribution < -0.4 is 10.1 Å². The number of hydrogen-bond donors (Lipinski definition) is 1. The van der Waals surface area contributed by atoms with Gasteiger partial charge in [-0.2, -0.15) is 0 Å². The maximum atomic E-state index is 14.6. The molecule has 198 valence electrons. The van der Waals surface area contributed by atoms with Gasteiger partial charge in [0.2, 0.25) is 11.7 Å². The minimum absolute atomic E-state index is 0.104. The maximum Gasteiger partial charge on any atom is 0.238 e. The van der Waals surface area contributed by atoms with Crippen LogP contribution in [0, 0.1) is 5.92 Å². The summed E-state index contributed by atoms with van der Waals surface area (Å²) in [7, 11) is 1.55. The molecule has 1 N–H and O–H groups in total. The highest BCUT2D eigenvalue weighted by atomic mass is 79.9. The topological polar surface area (TPSA) is 88.9 Å². The summed E-state index contributed by atoms with van der Waals surface area (Å²) in [5, 5.41) is 3.04. The van der Waals surface area contributed by atoms with Crippen molar-refractivity contribution in [3.05, 3.63) is 124 Å². The van der Waals surface area contributed by atoms with E-state index >= 15 is 0 Å². The molecule has 1 amide bonds. The fourth-order valence-electron chi connectivity index (χ4n) is 6.73. The number of amides is 1. The van der Waals surface area contributed by atoms with Crippen molar-refractivity contribution in [3.8, 4) is 5.75 Å². The molecule has 0 bridgehead atoms. The van der Waals surface area contributed by atoms with Crippen molar-refractivity contribution < 1.29 is 23.5 Å². The standard InChI is InChI=1S/C32H23BrN2O5/c1-39-24-13-12-19(17-22(24)33)28(36)27-26(29(37)25-11-6-16-40-25)32(21-9-4-5-10-23(21)34-31(32)38)30-20-8-3-2-7-18(20)14-15-35(27)30/h2-17,26-27,30H,1H3,(H,34,38)/t26-,27+,30-,32-/m1/s1. The third-order valence-electron chi connectivity index (χ3n) is 8.32. The highest BCUT2D eigenvalue weighted by molar-refractivity contribution is 9.10. The van der Waals surface area contributed by atoms with Gasteiger partial charge < -0.3 is 19.4 Å². The smallest absolute Gasteiger partial charge is 0.238 e. The number of methoxy groups -OCH3 is 1. The van der Waals surface area contributed by atoms with E-state index in [4.69, 9.17) is 9.15 Å². The van der Waals surface area contributed by atoms with Gasteiger partial charge in [0.05, 0.1) is 29.8 Å². The monoisotopic (exact) mass is 594 g/mol. The molecule has 1 fully saturated rings. The number of nitrogens with zero attached hydrogens (tertiary/aromatic N) is 1. The Morgan fingerprint density at radius 2 is 1.80 bits per heavy atom. The maximum absolute atomic E-state index is 14.6. The molecular weight excluding hydrogens is 572 g/mol. The number of para-hydroxylation sites is 1. The van der Waals surface area contributed by atoms with E-state index in [1.807, 2.05) is 65.7 Å². The predicted octanol–water partition coefficient (Wildman–Crippen LogP) is 6.03. The number of halogens is 1. The molecule has 8 heteroatoms. The second-order valence-electron chi connectivity index (χ2n) is 10.1. The Kier molecular flexibility index (Phi) is 5.57. The molecule has 3 aliphatic rings. The van der Waals surface area contributed by atoms with Gasteiger partial charge in [-0.15, -0.1) is 0 Å². The quantitative estimate of drug-likeness (QED) is 0.284. The van der Waals surface area contributed by atoms with E-state index in [2.05, 4.69) is 21.2 Å². The molecule has 7 rings (SSSR count). The summed E-state index contributed by atoms with van der Waals surface area (Å²) in [6.07, 6.45) is 5.21. The van der Waals surface area contributed by atoms with Crippen molar-refractivity contribution in [2.45, 2.75) is 17.5 Å². The minimum Gasteiger partial charge on any atom is -0.496 e. The Balaban J connectivity index is 1.52. The molecule has 3 aromatic carbocycles. The molecule has 4 heterocycles. The van der Waals surface area contributed by atoms with Crippen LogP contribution in [0.25, 0.3) is 6.08 Å². The number of benzene rings is 3. The number of ether oxygens (including phenoxy) is 1. The molecule has 0 radical (unpaired) electrons. The molecular formula is C32H23BrN2O5. The normalized spacial score (nSPS) is 23.9. The third-order valence-corrected chi connectivity index (χ3v) is 8.94. The van der Waals surface area contributed by atoms with Gasteiger partial charge in [0.25, 0.3) is 0 Å². The lowest BCUT2D eigenvalue weighted by Gasteiger charge is -2.38. The van der Waals surface area contributed by atoms with Gasteiger partial charge in [-0.1, -0.05) is 42.5 Å². The van der Waals surface area contributed by atoms with Crippen molar-refractivity contribution in [1.82, 2.24) is 4.90 Å². The summed E-state index contributed by atoms with van der Waals surface area (Å²) >= 11 is 3.49. The number of furan rings is 1. The molecule has 7 nitrogen and oxygen atoms in total. The highest BCUT2D eigenvalue weighted by Gasteiger charge is 2.71. The van der Waals surface area contributed by atoms with Crippen LogP contribution in [0.3, 0.4) is 0 Å². The van der Waals surface area contributed by atoms with E-state index in [1.165, 1.54) is 6.26 Å². The zero-order chi connectivity index (χ0) is 27.6.